The number of amides is 1. The van der Waals surface area contributed by atoms with Gasteiger partial charge in [-0.25, -0.2) is 19.0 Å². The van der Waals surface area contributed by atoms with Gasteiger partial charge in [0.1, 0.15) is 17.5 Å². The van der Waals surface area contributed by atoms with Gasteiger partial charge in [-0.3, -0.25) is 4.79 Å². The Balaban J connectivity index is 1.36. The van der Waals surface area contributed by atoms with Crippen molar-refractivity contribution in [3.8, 4) is 5.69 Å². The number of carbonyl (C=O) groups excluding carboxylic acids is 1. The number of fused-ring (bicyclic) bond motifs is 1. The van der Waals surface area contributed by atoms with Crippen LogP contribution >= 0.6 is 0 Å². The summed E-state index contributed by atoms with van der Waals surface area (Å²) in [6.07, 6.45) is 7.11. The highest BCUT2D eigenvalue weighted by Gasteiger charge is 2.29. The Kier molecular flexibility index (Phi) is 7.50. The molecule has 1 aliphatic carbocycles. The van der Waals surface area contributed by atoms with Crippen LogP contribution in [0.25, 0.3) is 16.7 Å². The van der Waals surface area contributed by atoms with E-state index in [0.29, 0.717) is 24.7 Å². The molecule has 6 rings (SSSR count). The van der Waals surface area contributed by atoms with Gasteiger partial charge in [0.2, 0.25) is 5.91 Å². The quantitative estimate of drug-likeness (QED) is 0.321. The Morgan fingerprint density at radius 1 is 0.875 bits per heavy atom. The lowest BCUT2D eigenvalue weighted by Gasteiger charge is -2.28. The van der Waals surface area contributed by atoms with Crippen molar-refractivity contribution in [1.82, 2.24) is 24.6 Å². The molecule has 2 aromatic carbocycles. The molecule has 0 atom stereocenters. The van der Waals surface area contributed by atoms with Gasteiger partial charge >= 0.3 is 0 Å². The molecule has 7 nitrogen and oxygen atoms in total. The highest BCUT2D eigenvalue weighted by molar-refractivity contribution is 5.91. The van der Waals surface area contributed by atoms with E-state index < -0.39 is 0 Å². The zero-order valence-electron chi connectivity index (χ0n) is 23.4. The zero-order valence-corrected chi connectivity index (χ0v) is 23.4. The van der Waals surface area contributed by atoms with Gasteiger partial charge in [-0.15, -0.1) is 0 Å². The van der Waals surface area contributed by atoms with Crippen LogP contribution in [0.3, 0.4) is 0 Å². The minimum Gasteiger partial charge on any atom is -0.354 e. The lowest BCUT2D eigenvalue weighted by atomic mass is 9.88. The van der Waals surface area contributed by atoms with Crippen molar-refractivity contribution in [2.24, 2.45) is 5.92 Å². The summed E-state index contributed by atoms with van der Waals surface area (Å²) in [7, 11) is 0. The molecule has 1 amide bonds. The second-order valence-electron chi connectivity index (χ2n) is 11.3. The fourth-order valence-corrected chi connectivity index (χ4v) is 6.12. The molecule has 2 fully saturated rings. The van der Waals surface area contributed by atoms with E-state index in [0.717, 1.165) is 85.5 Å². The molecule has 1 aliphatic heterocycles. The van der Waals surface area contributed by atoms with Crippen LogP contribution in [-0.4, -0.2) is 56.7 Å². The molecule has 1 saturated carbocycles. The SMILES string of the molecule is Cc1ccc(Cc2nc(N3CCCN(C(=O)C4CCCCC4)CC3)c3c(C)nn(-c4ccc(F)cc4)c3n2)cc1. The van der Waals surface area contributed by atoms with E-state index in [4.69, 9.17) is 15.1 Å². The van der Waals surface area contributed by atoms with Gasteiger partial charge in [-0.1, -0.05) is 49.1 Å². The van der Waals surface area contributed by atoms with Crippen molar-refractivity contribution >= 4 is 22.8 Å². The number of aromatic nitrogens is 4. The topological polar surface area (TPSA) is 67.2 Å². The third kappa shape index (κ3) is 5.44. The Bertz CT molecular complexity index is 1490. The second-order valence-corrected chi connectivity index (χ2v) is 11.3. The second kappa shape index (κ2) is 11.4. The van der Waals surface area contributed by atoms with E-state index in [2.05, 4.69) is 41.0 Å². The number of halogens is 1. The Morgan fingerprint density at radius 2 is 1.62 bits per heavy atom. The molecule has 2 aromatic heterocycles. The van der Waals surface area contributed by atoms with Crippen molar-refractivity contribution in [1.29, 1.82) is 0 Å². The molecule has 0 N–H and O–H groups in total. The van der Waals surface area contributed by atoms with E-state index in [9.17, 15) is 9.18 Å². The van der Waals surface area contributed by atoms with Gasteiger partial charge in [-0.2, -0.15) is 5.10 Å². The summed E-state index contributed by atoms with van der Waals surface area (Å²) < 4.78 is 15.5. The molecule has 8 heteroatoms. The van der Waals surface area contributed by atoms with Crippen LogP contribution in [0, 0.1) is 25.6 Å². The standard InChI is InChI=1S/C32H37FN6O/c1-22-9-11-24(12-10-22)21-28-34-30(29-23(2)36-39(31(29)35-28)27-15-13-26(33)14-16-27)37-17-6-18-38(20-19-37)32(40)25-7-4-3-5-8-25/h9-16,25H,3-8,17-21H2,1-2H3. The highest BCUT2D eigenvalue weighted by Crippen LogP contribution is 2.31. The summed E-state index contributed by atoms with van der Waals surface area (Å²) in [5.74, 6) is 1.81. The number of hydrogen-bond donors (Lipinski definition) is 0. The molecule has 0 unspecified atom stereocenters. The minimum absolute atomic E-state index is 0.184. The number of nitrogens with zero attached hydrogens (tertiary/aromatic N) is 6. The molecule has 40 heavy (non-hydrogen) atoms. The van der Waals surface area contributed by atoms with Gasteiger partial charge in [0.15, 0.2) is 5.65 Å². The monoisotopic (exact) mass is 540 g/mol. The van der Waals surface area contributed by atoms with Crippen LogP contribution in [0.1, 0.15) is 61.2 Å². The largest absolute Gasteiger partial charge is 0.354 e. The summed E-state index contributed by atoms with van der Waals surface area (Å²) in [6.45, 7) is 7.06. The van der Waals surface area contributed by atoms with Crippen LogP contribution < -0.4 is 4.90 Å². The normalized spacial score (nSPS) is 16.9. The van der Waals surface area contributed by atoms with Crippen molar-refractivity contribution < 1.29 is 9.18 Å². The summed E-state index contributed by atoms with van der Waals surface area (Å²) in [6, 6.07) is 14.8. The molecule has 0 radical (unpaired) electrons. The summed E-state index contributed by atoms with van der Waals surface area (Å²) in [5, 5.41) is 5.74. The average Bonchev–Trinajstić information content (AvgIpc) is 3.14. The minimum atomic E-state index is -0.288. The maximum Gasteiger partial charge on any atom is 0.225 e. The number of rotatable bonds is 5. The number of aryl methyl sites for hydroxylation is 2. The number of benzene rings is 2. The Labute approximate surface area is 235 Å². The van der Waals surface area contributed by atoms with Gasteiger partial charge in [-0.05, 0) is 62.9 Å². The molecule has 0 bridgehead atoms. The van der Waals surface area contributed by atoms with E-state index in [1.807, 2.05) is 6.92 Å². The van der Waals surface area contributed by atoms with Crippen molar-refractivity contribution in [2.75, 3.05) is 31.1 Å². The van der Waals surface area contributed by atoms with E-state index in [1.165, 1.54) is 24.1 Å². The smallest absolute Gasteiger partial charge is 0.225 e. The first kappa shape index (κ1) is 26.4. The Hall–Kier alpha value is -3.81. The number of carbonyl (C=O) groups is 1. The summed E-state index contributed by atoms with van der Waals surface area (Å²) >= 11 is 0. The maximum absolute atomic E-state index is 13.7. The first-order valence-electron chi connectivity index (χ1n) is 14.6. The Morgan fingerprint density at radius 3 is 2.38 bits per heavy atom. The maximum atomic E-state index is 13.7. The first-order valence-corrected chi connectivity index (χ1v) is 14.6. The lowest BCUT2D eigenvalue weighted by Crippen LogP contribution is -2.39. The molecule has 208 valence electrons. The fraction of sp³-hybridized carbons (Fsp3) is 0.438. The van der Waals surface area contributed by atoms with E-state index >= 15 is 0 Å². The first-order chi connectivity index (χ1) is 19.5. The fourth-order valence-electron chi connectivity index (χ4n) is 6.12. The van der Waals surface area contributed by atoms with Crippen molar-refractivity contribution in [3.05, 3.63) is 77.0 Å². The van der Waals surface area contributed by atoms with Gasteiger partial charge in [0, 0.05) is 38.5 Å². The molecule has 3 heterocycles. The molecule has 2 aliphatic rings. The van der Waals surface area contributed by atoms with Crippen LogP contribution in [0.15, 0.2) is 48.5 Å². The summed E-state index contributed by atoms with van der Waals surface area (Å²) in [5.41, 5.74) is 4.65. The van der Waals surface area contributed by atoms with Crippen LogP contribution in [0.4, 0.5) is 10.2 Å². The predicted molar refractivity (Wildman–Crippen MR) is 155 cm³/mol. The van der Waals surface area contributed by atoms with Gasteiger partial charge < -0.3 is 9.80 Å². The third-order valence-corrected chi connectivity index (χ3v) is 8.35. The van der Waals surface area contributed by atoms with Crippen molar-refractivity contribution in [3.63, 3.8) is 0 Å². The third-order valence-electron chi connectivity index (χ3n) is 8.35. The molecular weight excluding hydrogens is 503 g/mol. The van der Waals surface area contributed by atoms with Gasteiger partial charge in [0.05, 0.1) is 16.8 Å². The highest BCUT2D eigenvalue weighted by atomic mass is 19.1. The van der Waals surface area contributed by atoms with Crippen LogP contribution in [0.2, 0.25) is 0 Å². The predicted octanol–water partition coefficient (Wildman–Crippen LogP) is 5.78. The number of hydrogen-bond acceptors (Lipinski definition) is 5. The van der Waals surface area contributed by atoms with Crippen LogP contribution in [0.5, 0.6) is 0 Å². The van der Waals surface area contributed by atoms with Crippen molar-refractivity contribution in [2.45, 2.75) is 58.8 Å². The summed E-state index contributed by atoms with van der Waals surface area (Å²) in [4.78, 5) is 27.8. The zero-order chi connectivity index (χ0) is 27.6. The van der Waals surface area contributed by atoms with E-state index in [-0.39, 0.29) is 11.7 Å². The van der Waals surface area contributed by atoms with Gasteiger partial charge in [0.25, 0.3) is 0 Å². The number of anilines is 1. The van der Waals surface area contributed by atoms with Crippen LogP contribution in [-0.2, 0) is 11.2 Å². The molecule has 1 saturated heterocycles. The average molecular weight is 541 g/mol. The molecule has 4 aromatic rings. The lowest BCUT2D eigenvalue weighted by molar-refractivity contribution is -0.136. The van der Waals surface area contributed by atoms with E-state index in [1.54, 1.807) is 16.8 Å². The molecule has 0 spiro atoms. The molecular formula is C32H37FN6O.